The van der Waals surface area contributed by atoms with Gasteiger partial charge in [0.1, 0.15) is 22.7 Å². The molecule has 5 heterocycles. The molecule has 2 aromatic carbocycles. The van der Waals surface area contributed by atoms with Crippen LogP contribution in [0.4, 0.5) is 11.9 Å². The number of carbonyl (C=O) groups excluding carboxylic acids is 4. The van der Waals surface area contributed by atoms with E-state index in [0.29, 0.717) is 77.9 Å². The summed E-state index contributed by atoms with van der Waals surface area (Å²) in [5.74, 6) is -0.955. The summed E-state index contributed by atoms with van der Waals surface area (Å²) in [6.07, 6.45) is 10.4. The van der Waals surface area contributed by atoms with Gasteiger partial charge in [0.25, 0.3) is 11.8 Å². The number of nitrogens with one attached hydrogen (secondary N) is 2. The second-order valence-electron chi connectivity index (χ2n) is 16.7. The smallest absolute Gasteiger partial charge is 0.276 e. The lowest BCUT2D eigenvalue weighted by molar-refractivity contribution is 0.0375. The van der Waals surface area contributed by atoms with Gasteiger partial charge in [-0.25, -0.2) is 9.97 Å². The van der Waals surface area contributed by atoms with Crippen molar-refractivity contribution in [1.29, 1.82) is 0 Å². The fraction of sp³-hybridized carbons (Fsp3) is 0.435. The summed E-state index contributed by atoms with van der Waals surface area (Å²) in [4.78, 5) is 65.6. The van der Waals surface area contributed by atoms with Gasteiger partial charge in [-0.2, -0.15) is 10.2 Å². The van der Waals surface area contributed by atoms with Gasteiger partial charge in [-0.1, -0.05) is 12.2 Å². The topological polar surface area (TPSA) is 237 Å². The van der Waals surface area contributed by atoms with Crippen LogP contribution in [0.5, 0.6) is 5.75 Å². The Bertz CT molecular complexity index is 2880. The second kappa shape index (κ2) is 18.3. The first-order valence-corrected chi connectivity index (χ1v) is 22.5. The average molecular weight is 886 g/mol. The van der Waals surface area contributed by atoms with Gasteiger partial charge in [-0.15, -0.1) is 0 Å². The summed E-state index contributed by atoms with van der Waals surface area (Å²) in [5.41, 5.74) is 20.1. The van der Waals surface area contributed by atoms with Crippen LogP contribution in [0.2, 0.25) is 0 Å². The molecule has 9 rings (SSSR count). The van der Waals surface area contributed by atoms with E-state index >= 15 is 0 Å². The van der Waals surface area contributed by atoms with Crippen molar-refractivity contribution in [2.75, 3.05) is 50.6 Å². The summed E-state index contributed by atoms with van der Waals surface area (Å²) in [6, 6.07) is 6.64. The third-order valence-electron chi connectivity index (χ3n) is 12.7. The maximum absolute atomic E-state index is 14.3. The highest BCUT2D eigenvalue weighted by atomic mass is 16.5. The average Bonchev–Trinajstić information content (AvgIpc) is 4.16. The van der Waals surface area contributed by atoms with Crippen molar-refractivity contribution in [2.45, 2.75) is 91.4 Å². The van der Waals surface area contributed by atoms with Crippen molar-refractivity contribution < 1.29 is 28.7 Å². The highest BCUT2D eigenvalue weighted by Crippen LogP contribution is 2.33. The molecule has 19 heteroatoms. The number of amides is 4. The zero-order valence-corrected chi connectivity index (χ0v) is 37.1. The summed E-state index contributed by atoms with van der Waals surface area (Å²) in [6.45, 7) is 9.42. The maximum atomic E-state index is 14.3. The number of aryl methyl sites for hydroxylation is 5. The molecular weight excluding hydrogens is 831 g/mol. The molecule has 65 heavy (non-hydrogen) atoms. The van der Waals surface area contributed by atoms with E-state index in [0.717, 1.165) is 98.2 Å². The minimum atomic E-state index is -0.643. The van der Waals surface area contributed by atoms with Crippen LogP contribution in [0.1, 0.15) is 103 Å². The van der Waals surface area contributed by atoms with Crippen LogP contribution in [0.25, 0.3) is 22.1 Å². The standard InChI is InChI=1S/C46H55N13O6/c1-4-58-38(30-12-8-14-32(30)53-58)43(62)51-45-49-34-24-28(41(47)60)23-27(11-10-16-55-19-21-65-22-20-55)37(34)56(45)17-6-7-18-57-40-35(25-29(42(48)61)26-36(40)64-3)50-46(57)52-44(63)39-31-13-9-15-33(31)54-59(39)5-2/h6-7,23-26H,4-5,8-22H2,1-3H3,(H2,47,60)(H2,48,61)(H,49,51,62)(H,50,52,63). The number of anilines is 2. The zero-order valence-electron chi connectivity index (χ0n) is 37.1. The van der Waals surface area contributed by atoms with Crippen molar-refractivity contribution in [3.8, 4) is 5.75 Å². The molecular formula is C46H55N13O6. The Morgan fingerprint density at radius 3 is 1.78 bits per heavy atom. The molecule has 4 aromatic heterocycles. The molecule has 0 bridgehead atoms. The molecule has 6 N–H and O–H groups in total. The fourth-order valence-electron chi connectivity index (χ4n) is 9.62. The van der Waals surface area contributed by atoms with E-state index in [9.17, 15) is 19.2 Å². The number of hydrogen-bond acceptors (Lipinski definition) is 11. The molecule has 340 valence electrons. The number of hydrogen-bond donors (Lipinski definition) is 4. The number of methoxy groups -OCH3 is 1. The van der Waals surface area contributed by atoms with E-state index in [2.05, 4.69) is 15.5 Å². The lowest BCUT2D eigenvalue weighted by Gasteiger charge is -2.26. The minimum absolute atomic E-state index is 0.211. The van der Waals surface area contributed by atoms with E-state index in [1.807, 2.05) is 41.2 Å². The van der Waals surface area contributed by atoms with Gasteiger partial charge in [0.15, 0.2) is 0 Å². The molecule has 4 amide bonds. The Morgan fingerprint density at radius 2 is 1.26 bits per heavy atom. The summed E-state index contributed by atoms with van der Waals surface area (Å²) in [5, 5.41) is 15.6. The minimum Gasteiger partial charge on any atom is -0.494 e. The number of primary amides is 2. The zero-order chi connectivity index (χ0) is 45.4. The van der Waals surface area contributed by atoms with Crippen molar-refractivity contribution >= 4 is 57.6 Å². The van der Waals surface area contributed by atoms with Crippen LogP contribution >= 0.6 is 0 Å². The van der Waals surface area contributed by atoms with Crippen molar-refractivity contribution in [2.24, 2.45) is 11.5 Å². The van der Waals surface area contributed by atoms with Crippen LogP contribution in [0, 0.1) is 0 Å². The molecule has 0 radical (unpaired) electrons. The quantitative estimate of drug-likeness (QED) is 0.0955. The number of rotatable bonds is 17. The molecule has 0 atom stereocenters. The molecule has 1 fully saturated rings. The summed E-state index contributed by atoms with van der Waals surface area (Å²) >= 11 is 0. The Labute approximate surface area is 375 Å². The van der Waals surface area contributed by atoms with Gasteiger partial charge in [0.05, 0.1) is 48.3 Å². The van der Waals surface area contributed by atoms with Gasteiger partial charge in [-0.3, -0.25) is 44.1 Å². The number of benzene rings is 2. The fourth-order valence-corrected chi connectivity index (χ4v) is 9.62. The van der Waals surface area contributed by atoms with Crippen LogP contribution in [-0.2, 0) is 63.0 Å². The Morgan fingerprint density at radius 1 is 0.738 bits per heavy atom. The van der Waals surface area contributed by atoms with Gasteiger partial charge >= 0.3 is 0 Å². The van der Waals surface area contributed by atoms with Gasteiger partial charge in [0.2, 0.25) is 23.7 Å². The maximum Gasteiger partial charge on any atom is 0.276 e. The first-order valence-electron chi connectivity index (χ1n) is 22.5. The van der Waals surface area contributed by atoms with Crippen molar-refractivity contribution in [3.05, 3.63) is 87.0 Å². The van der Waals surface area contributed by atoms with E-state index < -0.39 is 11.8 Å². The third-order valence-corrected chi connectivity index (χ3v) is 12.7. The predicted molar refractivity (Wildman–Crippen MR) is 244 cm³/mol. The number of nitrogens with two attached hydrogens (primary N) is 2. The number of aromatic nitrogens is 8. The summed E-state index contributed by atoms with van der Waals surface area (Å²) in [7, 11) is 1.50. The molecule has 1 aliphatic heterocycles. The van der Waals surface area contributed by atoms with Crippen LogP contribution < -0.4 is 26.8 Å². The number of imidazole rings is 2. The van der Waals surface area contributed by atoms with Gasteiger partial charge in [-0.05, 0) is 102 Å². The second-order valence-corrected chi connectivity index (χ2v) is 16.7. The Kier molecular flexibility index (Phi) is 12.2. The van der Waals surface area contributed by atoms with Crippen LogP contribution in [-0.4, -0.2) is 107 Å². The SMILES string of the molecule is CCn1nc2c(c1C(=O)Nc1nc3cc(C(N)=O)cc(CCCN4CCOCC4)c3n1CC=CCn1c(NC(=O)c3c4c(nn3CC)CCC4)nc3cc(C(N)=O)cc(OC)c31)CCC2. The molecule has 3 aliphatic rings. The van der Waals surface area contributed by atoms with E-state index in [1.165, 1.54) is 7.11 Å². The van der Waals surface area contributed by atoms with Crippen LogP contribution in [0.3, 0.4) is 0 Å². The number of nitrogens with zero attached hydrogens (tertiary/aromatic N) is 9. The monoisotopic (exact) mass is 885 g/mol. The molecule has 0 saturated carbocycles. The Hall–Kier alpha value is -6.86. The lowest BCUT2D eigenvalue weighted by atomic mass is 10.0. The first-order chi connectivity index (χ1) is 31.6. The highest BCUT2D eigenvalue weighted by molar-refractivity contribution is 6.06. The number of morpholine rings is 1. The highest BCUT2D eigenvalue weighted by Gasteiger charge is 2.30. The molecule has 6 aromatic rings. The third kappa shape index (κ3) is 8.36. The normalized spacial score (nSPS) is 15.0. The van der Waals surface area contributed by atoms with Gasteiger partial charge in [0, 0.05) is 61.5 Å². The van der Waals surface area contributed by atoms with Gasteiger partial charge < -0.3 is 30.1 Å². The van der Waals surface area contributed by atoms with E-state index in [4.69, 9.17) is 41.1 Å². The first kappa shape index (κ1) is 43.4. The number of allylic oxidation sites excluding steroid dienone is 2. The molecule has 0 unspecified atom stereocenters. The molecule has 1 saturated heterocycles. The molecule has 19 nitrogen and oxygen atoms in total. The number of ether oxygens (including phenoxy) is 2. The lowest BCUT2D eigenvalue weighted by Crippen LogP contribution is -2.36. The number of carbonyl (C=O) groups is 4. The largest absolute Gasteiger partial charge is 0.494 e. The summed E-state index contributed by atoms with van der Waals surface area (Å²) < 4.78 is 18.6. The molecule has 2 aliphatic carbocycles. The predicted octanol–water partition coefficient (Wildman–Crippen LogP) is 4.03. The molecule has 0 spiro atoms. The number of fused-ring (bicyclic) bond motifs is 4. The van der Waals surface area contributed by atoms with E-state index in [-0.39, 0.29) is 36.4 Å². The van der Waals surface area contributed by atoms with Crippen molar-refractivity contribution in [1.82, 2.24) is 43.6 Å². The van der Waals surface area contributed by atoms with Crippen molar-refractivity contribution in [3.63, 3.8) is 0 Å². The Balaban J connectivity index is 1.08. The van der Waals surface area contributed by atoms with E-state index in [1.54, 1.807) is 27.6 Å². The van der Waals surface area contributed by atoms with Crippen LogP contribution in [0.15, 0.2) is 36.4 Å².